The van der Waals surface area contributed by atoms with E-state index in [0.717, 1.165) is 68.6 Å². The van der Waals surface area contributed by atoms with Gasteiger partial charge in [-0.2, -0.15) is 0 Å². The zero-order valence-corrected chi connectivity index (χ0v) is 23.5. The summed E-state index contributed by atoms with van der Waals surface area (Å²) in [5.41, 5.74) is 1.15. The van der Waals surface area contributed by atoms with E-state index in [1.165, 1.54) is 12.8 Å². The number of benzene rings is 1. The van der Waals surface area contributed by atoms with Gasteiger partial charge in [-0.15, -0.1) is 24.0 Å². The normalized spacial score (nSPS) is 16.1. The molecule has 1 aromatic rings. The number of ether oxygens (including phenoxy) is 3. The van der Waals surface area contributed by atoms with E-state index >= 15 is 0 Å². The fourth-order valence-corrected chi connectivity index (χ4v) is 3.81. The van der Waals surface area contributed by atoms with Gasteiger partial charge in [0.25, 0.3) is 0 Å². The van der Waals surface area contributed by atoms with E-state index in [4.69, 9.17) is 14.2 Å². The summed E-state index contributed by atoms with van der Waals surface area (Å²) < 4.78 is 17.0. The number of guanidine groups is 1. The van der Waals surface area contributed by atoms with Crippen molar-refractivity contribution in [1.82, 2.24) is 15.5 Å². The van der Waals surface area contributed by atoms with Crippen LogP contribution >= 0.6 is 24.0 Å². The maximum atomic E-state index is 5.96. The number of likely N-dealkylation sites (tertiary alicyclic amines) is 1. The molecule has 0 spiro atoms. The molecule has 1 atom stereocenters. The summed E-state index contributed by atoms with van der Waals surface area (Å²) in [6, 6.07) is 6.30. The largest absolute Gasteiger partial charge is 0.490 e. The highest BCUT2D eigenvalue weighted by Gasteiger charge is 2.19. The fourth-order valence-electron chi connectivity index (χ4n) is 3.81. The van der Waals surface area contributed by atoms with Crippen LogP contribution in [0.4, 0.5) is 0 Å². The van der Waals surface area contributed by atoms with E-state index < -0.39 is 0 Å². The average molecular weight is 577 g/mol. The van der Waals surface area contributed by atoms with E-state index in [1.807, 2.05) is 13.1 Å². The Kier molecular flexibility index (Phi) is 15.5. The Balaban J connectivity index is 0.00000544. The van der Waals surface area contributed by atoms with Crippen LogP contribution in [-0.4, -0.2) is 71.0 Å². The molecule has 0 radical (unpaired) electrons. The van der Waals surface area contributed by atoms with Crippen LogP contribution in [0.2, 0.25) is 0 Å². The van der Waals surface area contributed by atoms with Crippen molar-refractivity contribution in [2.75, 3.05) is 60.2 Å². The Bertz CT molecular complexity index is 682. The SMILES string of the molecule is CCCOc1ccc(C(C)NC(=NC)NCC2CCN(CCOC)CC2)cc1OCCC.I. The molecule has 33 heavy (non-hydrogen) atoms. The quantitative estimate of drug-likeness (QED) is 0.205. The van der Waals surface area contributed by atoms with E-state index in [0.29, 0.717) is 19.1 Å². The fraction of sp³-hybridized carbons (Fsp3) is 0.720. The third kappa shape index (κ3) is 10.7. The van der Waals surface area contributed by atoms with Gasteiger partial charge in [-0.1, -0.05) is 19.9 Å². The van der Waals surface area contributed by atoms with Gasteiger partial charge in [0.05, 0.1) is 25.9 Å². The second-order valence-corrected chi connectivity index (χ2v) is 8.50. The lowest BCUT2D eigenvalue weighted by molar-refractivity contribution is 0.121. The van der Waals surface area contributed by atoms with Gasteiger partial charge in [-0.05, 0) is 69.3 Å². The first-order valence-corrected chi connectivity index (χ1v) is 12.2. The van der Waals surface area contributed by atoms with Gasteiger partial charge in [0, 0.05) is 27.2 Å². The predicted octanol–water partition coefficient (Wildman–Crippen LogP) is 4.47. The molecule has 1 aromatic carbocycles. The minimum Gasteiger partial charge on any atom is -0.490 e. The maximum absolute atomic E-state index is 5.96. The molecule has 0 aliphatic carbocycles. The van der Waals surface area contributed by atoms with Gasteiger partial charge in [0.2, 0.25) is 0 Å². The number of rotatable bonds is 13. The molecule has 2 N–H and O–H groups in total. The van der Waals surface area contributed by atoms with Crippen molar-refractivity contribution in [1.29, 1.82) is 0 Å². The second kappa shape index (κ2) is 17.2. The van der Waals surface area contributed by atoms with E-state index in [-0.39, 0.29) is 30.0 Å². The van der Waals surface area contributed by atoms with Crippen molar-refractivity contribution in [2.45, 2.75) is 52.5 Å². The predicted molar refractivity (Wildman–Crippen MR) is 147 cm³/mol. The van der Waals surface area contributed by atoms with Crippen LogP contribution in [0.25, 0.3) is 0 Å². The molecule has 1 aliphatic heterocycles. The van der Waals surface area contributed by atoms with Crippen LogP contribution in [0.1, 0.15) is 58.1 Å². The molecule has 190 valence electrons. The molecule has 1 unspecified atom stereocenters. The average Bonchev–Trinajstić information content (AvgIpc) is 2.83. The standard InChI is InChI=1S/C25H44N4O3.HI/c1-6-15-31-23-9-8-22(18-24(23)32-16-7-2)20(3)28-25(26-4)27-19-21-10-12-29(13-11-21)14-17-30-5;/h8-9,18,20-21H,6-7,10-17,19H2,1-5H3,(H2,26,27,28);1H. The van der Waals surface area contributed by atoms with Crippen LogP contribution in [0.3, 0.4) is 0 Å². The van der Waals surface area contributed by atoms with Crippen molar-refractivity contribution in [3.63, 3.8) is 0 Å². The highest BCUT2D eigenvalue weighted by Crippen LogP contribution is 2.31. The molecule has 1 saturated heterocycles. The second-order valence-electron chi connectivity index (χ2n) is 8.50. The number of nitrogens with zero attached hydrogens (tertiary/aromatic N) is 2. The smallest absolute Gasteiger partial charge is 0.191 e. The number of methoxy groups -OCH3 is 1. The zero-order valence-electron chi connectivity index (χ0n) is 21.2. The highest BCUT2D eigenvalue weighted by atomic mass is 127. The first kappa shape index (κ1) is 29.8. The minimum absolute atomic E-state index is 0. The Morgan fingerprint density at radius 3 is 2.36 bits per heavy atom. The zero-order chi connectivity index (χ0) is 23.2. The summed E-state index contributed by atoms with van der Waals surface area (Å²) in [7, 11) is 3.59. The molecule has 0 amide bonds. The summed E-state index contributed by atoms with van der Waals surface area (Å²) in [6.45, 7) is 12.8. The van der Waals surface area contributed by atoms with E-state index in [9.17, 15) is 0 Å². The lowest BCUT2D eigenvalue weighted by Gasteiger charge is -2.32. The maximum Gasteiger partial charge on any atom is 0.191 e. The Morgan fingerprint density at radius 2 is 1.76 bits per heavy atom. The van der Waals surface area contributed by atoms with Crippen LogP contribution in [0, 0.1) is 5.92 Å². The molecule has 0 aromatic heterocycles. The van der Waals surface area contributed by atoms with Crippen LogP contribution in [0.15, 0.2) is 23.2 Å². The molecule has 7 nitrogen and oxygen atoms in total. The molecule has 2 rings (SSSR count). The van der Waals surface area contributed by atoms with Crippen molar-refractivity contribution in [3.8, 4) is 11.5 Å². The van der Waals surface area contributed by atoms with E-state index in [2.05, 4.69) is 53.4 Å². The van der Waals surface area contributed by atoms with Gasteiger partial charge in [0.15, 0.2) is 17.5 Å². The van der Waals surface area contributed by atoms with Gasteiger partial charge in [0.1, 0.15) is 0 Å². The van der Waals surface area contributed by atoms with Crippen LogP contribution in [0.5, 0.6) is 11.5 Å². The summed E-state index contributed by atoms with van der Waals surface area (Å²) in [5, 5.41) is 7.05. The van der Waals surface area contributed by atoms with E-state index in [1.54, 1.807) is 7.11 Å². The summed E-state index contributed by atoms with van der Waals surface area (Å²) >= 11 is 0. The Morgan fingerprint density at radius 1 is 1.09 bits per heavy atom. The molecule has 1 aliphatic rings. The Labute approximate surface area is 218 Å². The first-order chi connectivity index (χ1) is 15.6. The summed E-state index contributed by atoms with van der Waals surface area (Å²) in [4.78, 5) is 6.92. The molecule has 0 saturated carbocycles. The number of hydrogen-bond acceptors (Lipinski definition) is 5. The summed E-state index contributed by atoms with van der Waals surface area (Å²) in [6.07, 6.45) is 4.36. The number of aliphatic imine (C=N–C) groups is 1. The van der Waals surface area contributed by atoms with Crippen molar-refractivity contribution < 1.29 is 14.2 Å². The van der Waals surface area contributed by atoms with Gasteiger partial charge in [-0.25, -0.2) is 0 Å². The monoisotopic (exact) mass is 576 g/mol. The molecular weight excluding hydrogens is 531 g/mol. The molecular formula is C25H45IN4O3. The van der Waals surface area contributed by atoms with Gasteiger partial charge < -0.3 is 29.7 Å². The molecule has 1 fully saturated rings. The number of halogens is 1. The highest BCUT2D eigenvalue weighted by molar-refractivity contribution is 14.0. The molecule has 1 heterocycles. The van der Waals surface area contributed by atoms with Crippen LogP contribution < -0.4 is 20.1 Å². The number of piperidine rings is 1. The third-order valence-electron chi connectivity index (χ3n) is 5.84. The molecule has 0 bridgehead atoms. The van der Waals surface area contributed by atoms with Crippen molar-refractivity contribution >= 4 is 29.9 Å². The third-order valence-corrected chi connectivity index (χ3v) is 5.84. The van der Waals surface area contributed by atoms with Gasteiger partial charge >= 0.3 is 0 Å². The number of nitrogens with one attached hydrogen (secondary N) is 2. The topological polar surface area (TPSA) is 67.4 Å². The number of hydrogen-bond donors (Lipinski definition) is 2. The van der Waals surface area contributed by atoms with Crippen LogP contribution in [-0.2, 0) is 4.74 Å². The lowest BCUT2D eigenvalue weighted by atomic mass is 9.97. The van der Waals surface area contributed by atoms with Crippen molar-refractivity contribution in [3.05, 3.63) is 23.8 Å². The minimum atomic E-state index is 0. The Hall–Kier alpha value is -1.26. The first-order valence-electron chi connectivity index (χ1n) is 12.2. The van der Waals surface area contributed by atoms with Crippen molar-refractivity contribution in [2.24, 2.45) is 10.9 Å². The molecule has 8 heteroatoms. The van der Waals surface area contributed by atoms with Gasteiger partial charge in [-0.3, -0.25) is 4.99 Å². The lowest BCUT2D eigenvalue weighted by Crippen LogP contribution is -2.43. The summed E-state index contributed by atoms with van der Waals surface area (Å²) in [5.74, 6) is 3.14.